The van der Waals surface area contributed by atoms with Crippen LogP contribution in [0.25, 0.3) is 0 Å². The van der Waals surface area contributed by atoms with Crippen LogP contribution in [0.2, 0.25) is 0 Å². The molecule has 0 radical (unpaired) electrons. The number of para-hydroxylation sites is 2. The van der Waals surface area contributed by atoms with Gasteiger partial charge in [-0.3, -0.25) is 25.8 Å². The van der Waals surface area contributed by atoms with Crippen molar-refractivity contribution >= 4 is 17.3 Å². The van der Waals surface area contributed by atoms with Gasteiger partial charge in [-0.25, -0.2) is 0 Å². The summed E-state index contributed by atoms with van der Waals surface area (Å²) in [6.07, 6.45) is 0. The minimum Gasteiger partial charge on any atom is -0.292 e. The first-order valence-electron chi connectivity index (χ1n) is 6.36. The zero-order valence-corrected chi connectivity index (χ0v) is 11.7. The van der Waals surface area contributed by atoms with Crippen molar-refractivity contribution in [1.82, 2.24) is 5.43 Å². The van der Waals surface area contributed by atoms with Gasteiger partial charge in [-0.05, 0) is 31.5 Å². The molecule has 0 aliphatic rings. The normalized spacial score (nSPS) is 10.0. The van der Waals surface area contributed by atoms with Crippen LogP contribution in [0.4, 0.5) is 11.4 Å². The number of hydrogen-bond acceptors (Lipinski definition) is 4. The molecular formula is C15H15N3O3. The summed E-state index contributed by atoms with van der Waals surface area (Å²) in [5.41, 5.74) is 7.56. The first-order chi connectivity index (χ1) is 9.99. The van der Waals surface area contributed by atoms with Crippen LogP contribution in [0.1, 0.15) is 21.5 Å². The van der Waals surface area contributed by atoms with Crippen molar-refractivity contribution in [2.75, 3.05) is 5.43 Å². The second kappa shape index (κ2) is 6.04. The molecule has 0 fully saturated rings. The van der Waals surface area contributed by atoms with Crippen LogP contribution in [0.5, 0.6) is 0 Å². The van der Waals surface area contributed by atoms with E-state index in [-0.39, 0.29) is 17.3 Å². The first kappa shape index (κ1) is 14.5. The van der Waals surface area contributed by atoms with E-state index in [4.69, 9.17) is 0 Å². The Balaban J connectivity index is 2.15. The molecule has 0 unspecified atom stereocenters. The molecule has 0 heterocycles. The number of aryl methyl sites for hydroxylation is 2. The lowest BCUT2D eigenvalue weighted by Crippen LogP contribution is -2.30. The number of amides is 1. The lowest BCUT2D eigenvalue weighted by molar-refractivity contribution is -0.384. The number of hydrogen-bond donors (Lipinski definition) is 2. The number of hydrazine groups is 1. The SMILES string of the molecule is Cc1ccc(C)c(C(=O)NNc2ccccc2[N+](=O)[O-])c1. The Morgan fingerprint density at radius 3 is 2.57 bits per heavy atom. The van der Waals surface area contributed by atoms with Crippen molar-refractivity contribution in [3.63, 3.8) is 0 Å². The van der Waals surface area contributed by atoms with Gasteiger partial charge in [0.2, 0.25) is 0 Å². The van der Waals surface area contributed by atoms with Gasteiger partial charge in [-0.1, -0.05) is 29.8 Å². The van der Waals surface area contributed by atoms with Crippen LogP contribution < -0.4 is 10.9 Å². The van der Waals surface area contributed by atoms with Crippen LogP contribution in [-0.4, -0.2) is 10.8 Å². The molecule has 2 N–H and O–H groups in total. The van der Waals surface area contributed by atoms with Gasteiger partial charge < -0.3 is 0 Å². The molecule has 0 aromatic heterocycles. The third-order valence-electron chi connectivity index (χ3n) is 3.05. The molecule has 2 aromatic carbocycles. The molecule has 21 heavy (non-hydrogen) atoms. The molecule has 0 bridgehead atoms. The Hall–Kier alpha value is -2.89. The third-order valence-corrected chi connectivity index (χ3v) is 3.05. The Morgan fingerprint density at radius 1 is 1.14 bits per heavy atom. The lowest BCUT2D eigenvalue weighted by Gasteiger charge is -2.10. The van der Waals surface area contributed by atoms with Crippen LogP contribution >= 0.6 is 0 Å². The van der Waals surface area contributed by atoms with E-state index in [1.165, 1.54) is 12.1 Å². The number of carbonyl (C=O) groups is 1. The van der Waals surface area contributed by atoms with Crippen molar-refractivity contribution in [3.8, 4) is 0 Å². The Bertz CT molecular complexity index is 698. The highest BCUT2D eigenvalue weighted by atomic mass is 16.6. The van der Waals surface area contributed by atoms with Gasteiger partial charge >= 0.3 is 0 Å². The summed E-state index contributed by atoms with van der Waals surface area (Å²) in [5.74, 6) is -0.339. The number of nitro groups is 1. The molecule has 6 heteroatoms. The predicted molar refractivity (Wildman–Crippen MR) is 80.1 cm³/mol. The summed E-state index contributed by atoms with van der Waals surface area (Å²) in [6, 6.07) is 11.7. The number of benzene rings is 2. The van der Waals surface area contributed by atoms with Gasteiger partial charge in [-0.15, -0.1) is 0 Å². The molecule has 0 aliphatic heterocycles. The van der Waals surface area contributed by atoms with Gasteiger partial charge in [0, 0.05) is 11.6 Å². The monoisotopic (exact) mass is 285 g/mol. The van der Waals surface area contributed by atoms with Crippen LogP contribution in [0, 0.1) is 24.0 Å². The Labute approximate surface area is 121 Å². The maximum atomic E-state index is 12.1. The largest absolute Gasteiger partial charge is 0.294 e. The van der Waals surface area contributed by atoms with E-state index in [2.05, 4.69) is 10.9 Å². The molecular weight excluding hydrogens is 270 g/mol. The fourth-order valence-corrected chi connectivity index (χ4v) is 1.91. The molecule has 108 valence electrons. The topological polar surface area (TPSA) is 84.3 Å². The standard InChI is InChI=1S/C15H15N3O3/c1-10-7-8-11(2)12(9-10)15(19)17-16-13-5-3-4-6-14(13)18(20)21/h3-9,16H,1-2H3,(H,17,19). The lowest BCUT2D eigenvalue weighted by atomic mass is 10.1. The number of nitrogens with one attached hydrogen (secondary N) is 2. The summed E-state index contributed by atoms with van der Waals surface area (Å²) >= 11 is 0. The Kier molecular flexibility index (Phi) is 4.18. The first-order valence-corrected chi connectivity index (χ1v) is 6.36. The fourth-order valence-electron chi connectivity index (χ4n) is 1.91. The quantitative estimate of drug-likeness (QED) is 0.668. The fraction of sp³-hybridized carbons (Fsp3) is 0.133. The van der Waals surface area contributed by atoms with Gasteiger partial charge in [0.25, 0.3) is 11.6 Å². The second-order valence-electron chi connectivity index (χ2n) is 4.67. The van der Waals surface area contributed by atoms with Gasteiger partial charge in [0.1, 0.15) is 5.69 Å². The second-order valence-corrected chi connectivity index (χ2v) is 4.67. The van der Waals surface area contributed by atoms with Crippen LogP contribution in [0.3, 0.4) is 0 Å². The number of carbonyl (C=O) groups excluding carboxylic acids is 1. The summed E-state index contributed by atoms with van der Waals surface area (Å²) < 4.78 is 0. The number of rotatable bonds is 4. The highest BCUT2D eigenvalue weighted by molar-refractivity contribution is 5.96. The predicted octanol–water partition coefficient (Wildman–Crippen LogP) is 2.97. The van der Waals surface area contributed by atoms with Gasteiger partial charge in [0.05, 0.1) is 4.92 Å². The zero-order valence-electron chi connectivity index (χ0n) is 11.7. The van der Waals surface area contributed by atoms with Crippen molar-refractivity contribution in [1.29, 1.82) is 0 Å². The molecule has 0 atom stereocenters. The molecule has 2 aromatic rings. The maximum Gasteiger partial charge on any atom is 0.294 e. The third kappa shape index (κ3) is 3.36. The van der Waals surface area contributed by atoms with E-state index < -0.39 is 4.92 Å². The smallest absolute Gasteiger partial charge is 0.292 e. The molecule has 0 saturated carbocycles. The van der Waals surface area contributed by atoms with E-state index >= 15 is 0 Å². The van der Waals surface area contributed by atoms with E-state index in [1.807, 2.05) is 26.0 Å². The zero-order chi connectivity index (χ0) is 15.4. The minimum atomic E-state index is -0.508. The Morgan fingerprint density at radius 2 is 1.86 bits per heavy atom. The number of anilines is 1. The van der Waals surface area contributed by atoms with Crippen molar-refractivity contribution in [2.45, 2.75) is 13.8 Å². The molecule has 0 spiro atoms. The van der Waals surface area contributed by atoms with Crippen LogP contribution in [-0.2, 0) is 0 Å². The average Bonchev–Trinajstić information content (AvgIpc) is 2.47. The number of nitro benzene ring substituents is 1. The molecule has 0 saturated heterocycles. The van der Waals surface area contributed by atoms with E-state index in [1.54, 1.807) is 18.2 Å². The summed E-state index contributed by atoms with van der Waals surface area (Å²) in [5, 5.41) is 10.9. The number of nitrogens with zero attached hydrogens (tertiary/aromatic N) is 1. The summed E-state index contributed by atoms with van der Waals surface area (Å²) in [6.45, 7) is 3.73. The van der Waals surface area contributed by atoms with Gasteiger partial charge in [0.15, 0.2) is 0 Å². The summed E-state index contributed by atoms with van der Waals surface area (Å²) in [4.78, 5) is 22.5. The van der Waals surface area contributed by atoms with Crippen molar-refractivity contribution in [3.05, 3.63) is 69.3 Å². The van der Waals surface area contributed by atoms with E-state index in [0.29, 0.717) is 5.56 Å². The van der Waals surface area contributed by atoms with Crippen LogP contribution in [0.15, 0.2) is 42.5 Å². The van der Waals surface area contributed by atoms with Crippen molar-refractivity contribution in [2.24, 2.45) is 0 Å². The van der Waals surface area contributed by atoms with E-state index in [9.17, 15) is 14.9 Å². The van der Waals surface area contributed by atoms with Gasteiger partial charge in [-0.2, -0.15) is 0 Å². The highest BCUT2D eigenvalue weighted by Crippen LogP contribution is 2.22. The summed E-state index contributed by atoms with van der Waals surface area (Å²) in [7, 11) is 0. The molecule has 6 nitrogen and oxygen atoms in total. The minimum absolute atomic E-state index is 0.0984. The van der Waals surface area contributed by atoms with Crippen molar-refractivity contribution < 1.29 is 9.72 Å². The maximum absolute atomic E-state index is 12.1. The molecule has 0 aliphatic carbocycles. The average molecular weight is 285 g/mol. The molecule has 1 amide bonds. The highest BCUT2D eigenvalue weighted by Gasteiger charge is 2.14. The molecule has 2 rings (SSSR count). The van der Waals surface area contributed by atoms with E-state index in [0.717, 1.165) is 11.1 Å².